The predicted octanol–water partition coefficient (Wildman–Crippen LogP) is 2.21. The van der Waals surface area contributed by atoms with E-state index in [1.807, 2.05) is 31.2 Å². The molecule has 2 unspecified atom stereocenters. The number of anilines is 1. The van der Waals surface area contributed by atoms with Gasteiger partial charge >= 0.3 is 0 Å². The van der Waals surface area contributed by atoms with Gasteiger partial charge in [0.1, 0.15) is 5.75 Å². The maximum absolute atomic E-state index is 12.3. The molecule has 1 aliphatic rings. The second-order valence-corrected chi connectivity index (χ2v) is 6.15. The summed E-state index contributed by atoms with van der Waals surface area (Å²) in [4.78, 5) is 26.2. The molecule has 2 atom stereocenters. The molecule has 1 fully saturated rings. The van der Waals surface area contributed by atoms with E-state index >= 15 is 0 Å². The second kappa shape index (κ2) is 6.81. The highest BCUT2D eigenvalue weighted by molar-refractivity contribution is 6.00. The monoisotopic (exact) mass is 304 g/mol. The molecule has 2 rings (SSSR count). The minimum atomic E-state index is -0.292. The summed E-state index contributed by atoms with van der Waals surface area (Å²) in [6.07, 6.45) is 0.258. The van der Waals surface area contributed by atoms with E-state index in [-0.39, 0.29) is 30.2 Å². The van der Waals surface area contributed by atoms with E-state index in [0.717, 1.165) is 5.69 Å². The van der Waals surface area contributed by atoms with Gasteiger partial charge in [0, 0.05) is 30.8 Å². The number of methoxy groups -OCH3 is 1. The van der Waals surface area contributed by atoms with Crippen LogP contribution in [0.3, 0.4) is 0 Å². The van der Waals surface area contributed by atoms with Crippen LogP contribution in [0, 0.1) is 11.8 Å². The van der Waals surface area contributed by atoms with Gasteiger partial charge in [0.25, 0.3) is 0 Å². The smallest absolute Gasteiger partial charge is 0.227 e. The summed E-state index contributed by atoms with van der Waals surface area (Å²) in [6, 6.07) is 7.45. The molecular formula is C17H24N2O3. The minimum absolute atomic E-state index is 0.0226. The molecule has 1 N–H and O–H groups in total. The van der Waals surface area contributed by atoms with E-state index < -0.39 is 0 Å². The third-order valence-electron chi connectivity index (χ3n) is 4.23. The van der Waals surface area contributed by atoms with Crippen LogP contribution in [-0.4, -0.2) is 31.5 Å². The Labute approximate surface area is 131 Å². The van der Waals surface area contributed by atoms with Crippen LogP contribution in [-0.2, 0) is 9.59 Å². The van der Waals surface area contributed by atoms with Crippen molar-refractivity contribution in [3.05, 3.63) is 24.3 Å². The number of benzene rings is 1. The molecule has 0 saturated carbocycles. The third-order valence-corrected chi connectivity index (χ3v) is 4.23. The van der Waals surface area contributed by atoms with Gasteiger partial charge < -0.3 is 15.0 Å². The fourth-order valence-corrected chi connectivity index (χ4v) is 2.42. The molecular weight excluding hydrogens is 280 g/mol. The fraction of sp³-hybridized carbons (Fsp3) is 0.529. The minimum Gasteiger partial charge on any atom is -0.497 e. The van der Waals surface area contributed by atoms with Crippen molar-refractivity contribution in [1.82, 2.24) is 5.32 Å². The van der Waals surface area contributed by atoms with Gasteiger partial charge in [-0.2, -0.15) is 0 Å². The summed E-state index contributed by atoms with van der Waals surface area (Å²) in [7, 11) is 1.59. The third kappa shape index (κ3) is 3.59. The molecule has 0 bridgehead atoms. The molecule has 1 aliphatic heterocycles. The van der Waals surface area contributed by atoms with Crippen molar-refractivity contribution in [3.8, 4) is 5.75 Å². The van der Waals surface area contributed by atoms with E-state index in [2.05, 4.69) is 19.2 Å². The van der Waals surface area contributed by atoms with Crippen LogP contribution in [0.2, 0.25) is 0 Å². The number of amides is 2. The van der Waals surface area contributed by atoms with Crippen LogP contribution in [0.1, 0.15) is 27.2 Å². The van der Waals surface area contributed by atoms with Gasteiger partial charge in [0.05, 0.1) is 13.0 Å². The van der Waals surface area contributed by atoms with Crippen LogP contribution in [0.25, 0.3) is 0 Å². The number of nitrogens with zero attached hydrogens (tertiary/aromatic N) is 1. The molecule has 5 nitrogen and oxygen atoms in total. The zero-order valence-corrected chi connectivity index (χ0v) is 13.6. The second-order valence-electron chi connectivity index (χ2n) is 6.15. The number of carbonyl (C=O) groups excluding carboxylic acids is 2. The van der Waals surface area contributed by atoms with Crippen molar-refractivity contribution >= 4 is 17.5 Å². The zero-order valence-electron chi connectivity index (χ0n) is 13.6. The first kappa shape index (κ1) is 16.3. The number of carbonyl (C=O) groups is 2. The number of hydrogen-bond donors (Lipinski definition) is 1. The Morgan fingerprint density at radius 1 is 1.36 bits per heavy atom. The summed E-state index contributed by atoms with van der Waals surface area (Å²) in [5, 5.41) is 2.99. The van der Waals surface area contributed by atoms with Crippen molar-refractivity contribution in [1.29, 1.82) is 0 Å². The summed E-state index contributed by atoms with van der Waals surface area (Å²) >= 11 is 0. The normalized spacial score (nSPS) is 19.4. The van der Waals surface area contributed by atoms with E-state index in [9.17, 15) is 9.59 Å². The van der Waals surface area contributed by atoms with Crippen LogP contribution in [0.15, 0.2) is 24.3 Å². The van der Waals surface area contributed by atoms with Crippen molar-refractivity contribution in [3.63, 3.8) is 0 Å². The lowest BCUT2D eigenvalue weighted by Gasteiger charge is -2.20. The molecule has 5 heteroatoms. The lowest BCUT2D eigenvalue weighted by atomic mass is 10.0. The molecule has 1 heterocycles. The van der Waals surface area contributed by atoms with E-state index in [4.69, 9.17) is 4.74 Å². The highest BCUT2D eigenvalue weighted by atomic mass is 16.5. The summed E-state index contributed by atoms with van der Waals surface area (Å²) in [5.41, 5.74) is 0.775. The predicted molar refractivity (Wildman–Crippen MR) is 85.9 cm³/mol. The number of ether oxygens (including phenoxy) is 1. The number of rotatable bonds is 5. The van der Waals surface area contributed by atoms with Crippen LogP contribution < -0.4 is 15.0 Å². The molecule has 0 aliphatic carbocycles. The first-order chi connectivity index (χ1) is 10.4. The summed E-state index contributed by atoms with van der Waals surface area (Å²) < 4.78 is 5.19. The lowest BCUT2D eigenvalue weighted by Crippen LogP contribution is -2.40. The zero-order chi connectivity index (χ0) is 16.3. The maximum Gasteiger partial charge on any atom is 0.227 e. The molecule has 0 radical (unpaired) electrons. The van der Waals surface area contributed by atoms with Crippen molar-refractivity contribution < 1.29 is 14.3 Å². The molecule has 120 valence electrons. The highest BCUT2D eigenvalue weighted by Gasteiger charge is 2.35. The van der Waals surface area contributed by atoms with Gasteiger partial charge in [-0.25, -0.2) is 0 Å². The van der Waals surface area contributed by atoms with Gasteiger partial charge in [-0.1, -0.05) is 19.9 Å². The Hall–Kier alpha value is -2.04. The topological polar surface area (TPSA) is 58.6 Å². The molecule has 1 aromatic rings. The Morgan fingerprint density at radius 2 is 2.09 bits per heavy atom. The number of hydrogen-bond acceptors (Lipinski definition) is 3. The van der Waals surface area contributed by atoms with E-state index in [1.165, 1.54) is 0 Å². The standard InChI is InChI=1S/C17H24N2O3/c1-11(2)12(3)18-17(21)13-8-16(20)19(10-13)14-6-5-7-15(9-14)22-4/h5-7,9,11-13H,8,10H2,1-4H3,(H,18,21). The fourth-order valence-electron chi connectivity index (χ4n) is 2.42. The van der Waals surface area contributed by atoms with Crippen LogP contribution in [0.5, 0.6) is 5.75 Å². The lowest BCUT2D eigenvalue weighted by molar-refractivity contribution is -0.127. The number of nitrogens with one attached hydrogen (secondary N) is 1. The van der Waals surface area contributed by atoms with Crippen LogP contribution >= 0.6 is 0 Å². The van der Waals surface area contributed by atoms with Gasteiger partial charge in [-0.3, -0.25) is 9.59 Å². The Balaban J connectivity index is 2.05. The van der Waals surface area contributed by atoms with E-state index in [1.54, 1.807) is 12.0 Å². The summed E-state index contributed by atoms with van der Waals surface area (Å²) in [5.74, 6) is 0.715. The average Bonchev–Trinajstić information content (AvgIpc) is 2.89. The molecule has 22 heavy (non-hydrogen) atoms. The average molecular weight is 304 g/mol. The van der Waals surface area contributed by atoms with Gasteiger partial charge in [0.15, 0.2) is 0 Å². The van der Waals surface area contributed by atoms with Crippen molar-refractivity contribution in [2.75, 3.05) is 18.6 Å². The molecule has 0 spiro atoms. The van der Waals surface area contributed by atoms with Gasteiger partial charge in [-0.05, 0) is 25.0 Å². The summed E-state index contributed by atoms with van der Waals surface area (Å²) in [6.45, 7) is 6.53. The molecule has 1 aromatic carbocycles. The SMILES string of the molecule is COc1cccc(N2CC(C(=O)NC(C)C(C)C)CC2=O)c1. The Bertz CT molecular complexity index is 557. The van der Waals surface area contributed by atoms with Gasteiger partial charge in [-0.15, -0.1) is 0 Å². The quantitative estimate of drug-likeness (QED) is 0.907. The first-order valence-corrected chi connectivity index (χ1v) is 7.67. The highest BCUT2D eigenvalue weighted by Crippen LogP contribution is 2.28. The maximum atomic E-state index is 12.3. The Morgan fingerprint density at radius 3 is 2.73 bits per heavy atom. The molecule has 0 aromatic heterocycles. The van der Waals surface area contributed by atoms with Crippen molar-refractivity contribution in [2.24, 2.45) is 11.8 Å². The largest absolute Gasteiger partial charge is 0.497 e. The molecule has 2 amide bonds. The van der Waals surface area contributed by atoms with Crippen molar-refractivity contribution in [2.45, 2.75) is 33.2 Å². The van der Waals surface area contributed by atoms with Crippen LogP contribution in [0.4, 0.5) is 5.69 Å². The van der Waals surface area contributed by atoms with Gasteiger partial charge in [0.2, 0.25) is 11.8 Å². The molecule has 1 saturated heterocycles. The Kier molecular flexibility index (Phi) is 5.06. The van der Waals surface area contributed by atoms with E-state index in [0.29, 0.717) is 18.2 Å². The first-order valence-electron chi connectivity index (χ1n) is 7.67.